The molecule has 3 fully saturated rings. The topological polar surface area (TPSA) is 44.8 Å². The summed E-state index contributed by atoms with van der Waals surface area (Å²) in [6, 6.07) is 20.7. The van der Waals surface area contributed by atoms with Crippen molar-refractivity contribution >= 4 is 5.97 Å². The van der Waals surface area contributed by atoms with Crippen molar-refractivity contribution in [2.24, 2.45) is 0 Å². The van der Waals surface area contributed by atoms with Gasteiger partial charge in [-0.25, -0.2) is 4.79 Å². The van der Waals surface area contributed by atoms with E-state index < -0.39 is 5.60 Å². The Morgan fingerprint density at radius 3 is 1.83 bits per heavy atom. The summed E-state index contributed by atoms with van der Waals surface area (Å²) in [7, 11) is 0. The second kappa shape index (κ2) is 9.68. The van der Waals surface area contributed by atoms with Gasteiger partial charge in [0, 0.05) is 38.5 Å². The van der Waals surface area contributed by atoms with Gasteiger partial charge in [0.2, 0.25) is 5.60 Å². The Labute approximate surface area is 210 Å². The summed E-state index contributed by atoms with van der Waals surface area (Å²) in [4.78, 5) is 14.2. The van der Waals surface area contributed by atoms with Gasteiger partial charge in [-0.15, -0.1) is 0 Å². The Hall–Kier alpha value is -2.21. The van der Waals surface area contributed by atoms with Crippen molar-refractivity contribution in [3.63, 3.8) is 0 Å². The Kier molecular flexibility index (Phi) is 6.77. The minimum Gasteiger partial charge on any atom is -0.459 e. The summed E-state index contributed by atoms with van der Waals surface area (Å²) in [6.45, 7) is 8.55. The van der Waals surface area contributed by atoms with Crippen LogP contribution in [0.4, 0.5) is 0 Å². The van der Waals surface area contributed by atoms with Crippen molar-refractivity contribution < 1.29 is 23.5 Å². The normalized spacial score (nSPS) is 25.6. The monoisotopic (exact) mass is 478 g/mol. The number of rotatable bonds is 7. The molecule has 2 bridgehead atoms. The lowest BCUT2D eigenvalue weighted by molar-refractivity contribution is -0.956. The summed E-state index contributed by atoms with van der Waals surface area (Å²) >= 11 is 0. The van der Waals surface area contributed by atoms with Gasteiger partial charge < -0.3 is 18.7 Å². The number of ether oxygens (including phenoxy) is 3. The van der Waals surface area contributed by atoms with E-state index in [0.717, 1.165) is 24.0 Å². The molecule has 5 heteroatoms. The molecular weight excluding hydrogens is 438 g/mol. The highest BCUT2D eigenvalue weighted by Gasteiger charge is 2.56. The predicted molar refractivity (Wildman–Crippen MR) is 136 cm³/mol. The first-order valence-electron chi connectivity index (χ1n) is 13.3. The molecule has 0 aliphatic carbocycles. The molecular formula is C30H40NO4+. The third-order valence-electron chi connectivity index (χ3n) is 8.45. The number of benzene rings is 2. The highest BCUT2D eigenvalue weighted by Crippen LogP contribution is 2.47. The van der Waals surface area contributed by atoms with Crippen molar-refractivity contribution in [2.45, 2.75) is 88.7 Å². The molecule has 5 nitrogen and oxygen atoms in total. The van der Waals surface area contributed by atoms with E-state index in [9.17, 15) is 4.79 Å². The lowest BCUT2D eigenvalue weighted by atomic mass is 9.85. The van der Waals surface area contributed by atoms with Gasteiger partial charge in [-0.05, 0) is 31.9 Å². The summed E-state index contributed by atoms with van der Waals surface area (Å²) in [5, 5.41) is 0. The van der Waals surface area contributed by atoms with Crippen LogP contribution in [0.3, 0.4) is 0 Å². The maximum atomic E-state index is 14.2. The smallest absolute Gasteiger partial charge is 0.348 e. The zero-order valence-electron chi connectivity index (χ0n) is 21.4. The summed E-state index contributed by atoms with van der Waals surface area (Å²) < 4.78 is 20.1. The van der Waals surface area contributed by atoms with Crippen molar-refractivity contribution in [1.29, 1.82) is 0 Å². The number of hydrogen-bond donors (Lipinski definition) is 0. The van der Waals surface area contributed by atoms with E-state index in [1.807, 2.05) is 81.4 Å². The Morgan fingerprint density at radius 1 is 0.829 bits per heavy atom. The van der Waals surface area contributed by atoms with Crippen LogP contribution in [0.25, 0.3) is 0 Å². The molecule has 3 heterocycles. The average molecular weight is 479 g/mol. The molecule has 2 atom stereocenters. The van der Waals surface area contributed by atoms with Gasteiger partial charge in [0.15, 0.2) is 0 Å². The third kappa shape index (κ3) is 4.66. The lowest BCUT2D eigenvalue weighted by Crippen LogP contribution is -2.60. The van der Waals surface area contributed by atoms with Crippen LogP contribution in [0, 0.1) is 0 Å². The number of carbonyl (C=O) groups is 1. The van der Waals surface area contributed by atoms with Crippen molar-refractivity contribution in [3.05, 3.63) is 71.8 Å². The molecule has 3 aliphatic rings. The third-order valence-corrected chi connectivity index (χ3v) is 8.45. The molecule has 5 rings (SSSR count). The average Bonchev–Trinajstić information content (AvgIpc) is 3.39. The van der Waals surface area contributed by atoms with E-state index in [1.165, 1.54) is 43.3 Å². The minimum atomic E-state index is -1.38. The zero-order valence-corrected chi connectivity index (χ0v) is 21.4. The number of esters is 1. The number of quaternary nitrogens is 1. The summed E-state index contributed by atoms with van der Waals surface area (Å²) in [6.07, 6.45) is 7.05. The summed E-state index contributed by atoms with van der Waals surface area (Å²) in [5.41, 5.74) is -0.255. The SMILES string of the molecule is CC(C)(C)OCOC(C(=O)OC1CC2CCC(C1)[N+]21CCCC1)(c1ccccc1)c1ccccc1. The second-order valence-electron chi connectivity index (χ2n) is 11.6. The van der Waals surface area contributed by atoms with Crippen molar-refractivity contribution in [2.75, 3.05) is 19.9 Å². The molecule has 3 aliphatic heterocycles. The number of nitrogens with zero attached hydrogens (tertiary/aromatic N) is 1. The fraction of sp³-hybridized carbons (Fsp3) is 0.567. The van der Waals surface area contributed by atoms with Crippen LogP contribution in [0.1, 0.15) is 70.4 Å². The number of carbonyl (C=O) groups excluding carboxylic acids is 1. The van der Waals surface area contributed by atoms with Gasteiger partial charge in [-0.1, -0.05) is 60.7 Å². The lowest BCUT2D eigenvalue weighted by Gasteiger charge is -2.47. The van der Waals surface area contributed by atoms with Gasteiger partial charge in [-0.3, -0.25) is 0 Å². The Balaban J connectivity index is 1.45. The Bertz CT molecular complexity index is 939. The van der Waals surface area contributed by atoms with Gasteiger partial charge in [-0.2, -0.15) is 0 Å². The molecule has 1 spiro atoms. The van der Waals surface area contributed by atoms with E-state index in [4.69, 9.17) is 14.2 Å². The molecule has 0 aromatic heterocycles. The van der Waals surface area contributed by atoms with Crippen LogP contribution in [-0.4, -0.2) is 54.1 Å². The first-order chi connectivity index (χ1) is 16.8. The first-order valence-corrected chi connectivity index (χ1v) is 13.3. The minimum absolute atomic E-state index is 0.0156. The fourth-order valence-corrected chi connectivity index (χ4v) is 6.81. The van der Waals surface area contributed by atoms with Crippen LogP contribution in [-0.2, 0) is 24.6 Å². The molecule has 0 saturated carbocycles. The fourth-order valence-electron chi connectivity index (χ4n) is 6.81. The molecule has 35 heavy (non-hydrogen) atoms. The molecule has 188 valence electrons. The van der Waals surface area contributed by atoms with Crippen molar-refractivity contribution in [3.8, 4) is 0 Å². The van der Waals surface area contributed by atoms with Crippen LogP contribution in [0.2, 0.25) is 0 Å². The van der Waals surface area contributed by atoms with E-state index >= 15 is 0 Å². The first kappa shape index (κ1) is 24.5. The largest absolute Gasteiger partial charge is 0.459 e. The molecule has 0 amide bonds. The molecule has 2 aromatic carbocycles. The quantitative estimate of drug-likeness (QED) is 0.297. The second-order valence-corrected chi connectivity index (χ2v) is 11.6. The standard InChI is InChI=1S/C30H40NO4/c1-29(2,3)33-22-34-30(23-12-6-4-7-13-23,24-14-8-5-9-15-24)28(32)35-27-20-25-16-17-26(21-27)31(25)18-10-11-19-31/h4-9,12-15,25-27H,10-11,16-22H2,1-3H3/q+1. The van der Waals surface area contributed by atoms with E-state index in [2.05, 4.69) is 0 Å². The van der Waals surface area contributed by atoms with Crippen LogP contribution < -0.4 is 0 Å². The molecule has 3 saturated heterocycles. The number of hydrogen-bond acceptors (Lipinski definition) is 4. The highest BCUT2D eigenvalue weighted by atomic mass is 16.7. The van der Waals surface area contributed by atoms with Gasteiger partial charge in [0.1, 0.15) is 12.9 Å². The molecule has 2 aromatic rings. The van der Waals surface area contributed by atoms with Gasteiger partial charge in [0.25, 0.3) is 0 Å². The van der Waals surface area contributed by atoms with Crippen LogP contribution in [0.15, 0.2) is 60.7 Å². The van der Waals surface area contributed by atoms with Gasteiger partial charge >= 0.3 is 5.97 Å². The van der Waals surface area contributed by atoms with Crippen molar-refractivity contribution in [1.82, 2.24) is 0 Å². The molecule has 0 N–H and O–H groups in total. The van der Waals surface area contributed by atoms with E-state index in [0.29, 0.717) is 12.1 Å². The summed E-state index contributed by atoms with van der Waals surface area (Å²) in [5.74, 6) is -0.341. The maximum Gasteiger partial charge on any atom is 0.348 e. The highest BCUT2D eigenvalue weighted by molar-refractivity contribution is 5.86. The van der Waals surface area contributed by atoms with Gasteiger partial charge in [0.05, 0.1) is 30.8 Å². The predicted octanol–water partition coefficient (Wildman–Crippen LogP) is 5.57. The van der Waals surface area contributed by atoms with E-state index in [-0.39, 0.29) is 24.5 Å². The van der Waals surface area contributed by atoms with E-state index in [1.54, 1.807) is 0 Å². The van der Waals surface area contributed by atoms with Crippen LogP contribution >= 0.6 is 0 Å². The maximum absolute atomic E-state index is 14.2. The molecule has 0 radical (unpaired) electrons. The number of piperidine rings is 1. The van der Waals surface area contributed by atoms with Crippen LogP contribution in [0.5, 0.6) is 0 Å². The Morgan fingerprint density at radius 2 is 1.34 bits per heavy atom. The molecule has 2 unspecified atom stereocenters. The zero-order chi connectivity index (χ0) is 24.5.